The van der Waals surface area contributed by atoms with Crippen molar-refractivity contribution in [2.75, 3.05) is 17.1 Å². The summed E-state index contributed by atoms with van der Waals surface area (Å²) >= 11 is 0. The molecule has 0 heterocycles. The van der Waals surface area contributed by atoms with Gasteiger partial charge < -0.3 is 5.32 Å². The van der Waals surface area contributed by atoms with E-state index < -0.39 is 20.0 Å². The van der Waals surface area contributed by atoms with Gasteiger partial charge in [-0.05, 0) is 55.6 Å². The van der Waals surface area contributed by atoms with Crippen molar-refractivity contribution < 1.29 is 21.6 Å². The van der Waals surface area contributed by atoms with E-state index in [0.29, 0.717) is 5.69 Å². The third-order valence-electron chi connectivity index (χ3n) is 3.17. The average Bonchev–Trinajstić information content (AvgIpc) is 2.55. The predicted molar refractivity (Wildman–Crippen MR) is 94.2 cm³/mol. The monoisotopic (exact) mass is 383 g/mol. The Morgan fingerprint density at radius 2 is 1.20 bits per heavy atom. The van der Waals surface area contributed by atoms with Crippen molar-refractivity contribution in [2.24, 2.45) is 0 Å². The van der Waals surface area contributed by atoms with Crippen LogP contribution in [0, 0.1) is 0 Å². The van der Waals surface area contributed by atoms with Crippen LogP contribution in [-0.4, -0.2) is 29.8 Å². The van der Waals surface area contributed by atoms with Crippen molar-refractivity contribution in [1.29, 1.82) is 0 Å². The van der Waals surface area contributed by atoms with Crippen molar-refractivity contribution in [1.82, 2.24) is 4.72 Å². The summed E-state index contributed by atoms with van der Waals surface area (Å²) in [6.45, 7) is 1.35. The number of carbonyl (C=O) groups excluding carboxylic acids is 1. The fourth-order valence-electron chi connectivity index (χ4n) is 1.95. The molecular weight excluding hydrogens is 366 g/mol. The van der Waals surface area contributed by atoms with Gasteiger partial charge in [-0.2, -0.15) is 0 Å². The Kier molecular flexibility index (Phi) is 5.45. The maximum atomic E-state index is 12.3. The van der Waals surface area contributed by atoms with Gasteiger partial charge in [0.1, 0.15) is 0 Å². The predicted octanol–water partition coefficient (Wildman–Crippen LogP) is 1.35. The van der Waals surface area contributed by atoms with Gasteiger partial charge in [-0.15, -0.1) is 0 Å². The molecule has 2 aromatic rings. The molecule has 0 saturated carbocycles. The summed E-state index contributed by atoms with van der Waals surface area (Å²) < 4.78 is 52.5. The number of benzene rings is 2. The minimum Gasteiger partial charge on any atom is -0.326 e. The molecule has 0 saturated heterocycles. The van der Waals surface area contributed by atoms with E-state index in [9.17, 15) is 21.6 Å². The van der Waals surface area contributed by atoms with Crippen molar-refractivity contribution in [3.63, 3.8) is 0 Å². The molecule has 25 heavy (non-hydrogen) atoms. The summed E-state index contributed by atoms with van der Waals surface area (Å²) in [5.41, 5.74) is 0.703. The lowest BCUT2D eigenvalue weighted by Crippen LogP contribution is -2.18. The summed E-state index contributed by atoms with van der Waals surface area (Å²) in [6.07, 6.45) is 0. The minimum absolute atomic E-state index is 0.00789. The van der Waals surface area contributed by atoms with Crippen molar-refractivity contribution in [3.8, 4) is 0 Å². The van der Waals surface area contributed by atoms with Crippen LogP contribution in [0.5, 0.6) is 0 Å². The van der Waals surface area contributed by atoms with Gasteiger partial charge >= 0.3 is 0 Å². The highest BCUT2D eigenvalue weighted by molar-refractivity contribution is 7.92. The summed E-state index contributed by atoms with van der Waals surface area (Å²) in [6, 6.07) is 11.0. The highest BCUT2D eigenvalue weighted by atomic mass is 32.2. The molecule has 1 amide bonds. The Labute approximate surface area is 146 Å². The number of rotatable bonds is 6. The average molecular weight is 383 g/mol. The Bertz CT molecular complexity index is 967. The number of nitrogens with one attached hydrogen (secondary N) is 3. The molecule has 3 N–H and O–H groups in total. The molecule has 10 heteroatoms. The lowest BCUT2D eigenvalue weighted by atomic mass is 10.3. The summed E-state index contributed by atoms with van der Waals surface area (Å²) in [5, 5.41) is 2.54. The molecule has 2 rings (SSSR count). The molecule has 0 atom stereocenters. The van der Waals surface area contributed by atoms with Gasteiger partial charge in [-0.1, -0.05) is 0 Å². The standard InChI is InChI=1S/C15H17N3O5S2/c1-11(19)17-12-3-7-15(8-4-12)25(22,23)18-13-5-9-14(10-6-13)24(20,21)16-2/h3-10,16,18H,1-2H3,(H,17,19). The van der Waals surface area contributed by atoms with Crippen LogP contribution in [0.1, 0.15) is 6.92 Å². The molecule has 0 aliphatic rings. The highest BCUT2D eigenvalue weighted by Crippen LogP contribution is 2.19. The number of sulfonamides is 2. The number of carbonyl (C=O) groups is 1. The lowest BCUT2D eigenvalue weighted by Gasteiger charge is -2.10. The van der Waals surface area contributed by atoms with Gasteiger partial charge in [0.05, 0.1) is 9.79 Å². The van der Waals surface area contributed by atoms with E-state index in [0.717, 1.165) is 0 Å². The Balaban J connectivity index is 2.19. The van der Waals surface area contributed by atoms with E-state index in [4.69, 9.17) is 0 Å². The third-order valence-corrected chi connectivity index (χ3v) is 6.00. The van der Waals surface area contributed by atoms with E-state index in [1.165, 1.54) is 62.5 Å². The molecular formula is C15H17N3O5S2. The van der Waals surface area contributed by atoms with Gasteiger partial charge in [0.2, 0.25) is 15.9 Å². The van der Waals surface area contributed by atoms with E-state index in [1.54, 1.807) is 0 Å². The van der Waals surface area contributed by atoms with Crippen molar-refractivity contribution in [3.05, 3.63) is 48.5 Å². The van der Waals surface area contributed by atoms with Gasteiger partial charge in [0, 0.05) is 18.3 Å². The summed E-state index contributed by atoms with van der Waals surface area (Å²) in [7, 11) is -6.14. The maximum absolute atomic E-state index is 12.3. The van der Waals surface area contributed by atoms with Crippen molar-refractivity contribution >= 4 is 37.3 Å². The first-order valence-electron chi connectivity index (χ1n) is 7.08. The second kappa shape index (κ2) is 7.21. The second-order valence-electron chi connectivity index (χ2n) is 5.04. The van der Waals surface area contributed by atoms with E-state index >= 15 is 0 Å². The Morgan fingerprint density at radius 3 is 1.64 bits per heavy atom. The molecule has 0 aromatic heterocycles. The molecule has 0 fully saturated rings. The van der Waals surface area contributed by atoms with E-state index in [1.807, 2.05) is 0 Å². The molecule has 0 spiro atoms. The first-order valence-corrected chi connectivity index (χ1v) is 10.0. The fraction of sp³-hybridized carbons (Fsp3) is 0.133. The van der Waals surface area contributed by atoms with Crippen LogP contribution < -0.4 is 14.8 Å². The summed E-state index contributed by atoms with van der Waals surface area (Å²) in [4.78, 5) is 11.0. The number of hydrogen-bond acceptors (Lipinski definition) is 5. The zero-order chi connectivity index (χ0) is 18.7. The van der Waals surface area contributed by atoms with Crippen LogP contribution in [0.15, 0.2) is 58.3 Å². The molecule has 0 aliphatic heterocycles. The SMILES string of the molecule is CNS(=O)(=O)c1ccc(NS(=O)(=O)c2ccc(NC(C)=O)cc2)cc1. The van der Waals surface area contributed by atoms with Crippen LogP contribution >= 0.6 is 0 Å². The first kappa shape index (κ1) is 18.9. The topological polar surface area (TPSA) is 121 Å². The molecule has 2 aromatic carbocycles. The normalized spacial score (nSPS) is 11.8. The quantitative estimate of drug-likeness (QED) is 0.695. The lowest BCUT2D eigenvalue weighted by molar-refractivity contribution is -0.114. The van der Waals surface area contributed by atoms with Crippen molar-refractivity contribution in [2.45, 2.75) is 16.7 Å². The molecule has 0 radical (unpaired) electrons. The Morgan fingerprint density at radius 1 is 0.760 bits per heavy atom. The van der Waals surface area contributed by atoms with E-state index in [-0.39, 0.29) is 21.4 Å². The third kappa shape index (κ3) is 4.78. The fourth-order valence-corrected chi connectivity index (χ4v) is 3.74. The molecule has 8 nitrogen and oxygen atoms in total. The van der Waals surface area contributed by atoms with Gasteiger partial charge in [0.15, 0.2) is 0 Å². The molecule has 134 valence electrons. The maximum Gasteiger partial charge on any atom is 0.261 e. The van der Waals surface area contributed by atoms with Crippen LogP contribution in [-0.2, 0) is 24.8 Å². The zero-order valence-corrected chi connectivity index (χ0v) is 15.1. The smallest absolute Gasteiger partial charge is 0.261 e. The second-order valence-corrected chi connectivity index (χ2v) is 8.61. The molecule has 0 unspecified atom stereocenters. The van der Waals surface area contributed by atoms with Gasteiger partial charge in [0.25, 0.3) is 10.0 Å². The number of anilines is 2. The first-order chi connectivity index (χ1) is 11.6. The van der Waals surface area contributed by atoms with Crippen LogP contribution in [0.4, 0.5) is 11.4 Å². The van der Waals surface area contributed by atoms with Gasteiger partial charge in [-0.25, -0.2) is 21.6 Å². The number of hydrogen-bond donors (Lipinski definition) is 3. The molecule has 0 aliphatic carbocycles. The largest absolute Gasteiger partial charge is 0.326 e. The van der Waals surface area contributed by atoms with Crippen LogP contribution in [0.3, 0.4) is 0 Å². The van der Waals surface area contributed by atoms with E-state index in [2.05, 4.69) is 14.8 Å². The van der Waals surface area contributed by atoms with Crippen LogP contribution in [0.25, 0.3) is 0 Å². The summed E-state index contributed by atoms with van der Waals surface area (Å²) in [5.74, 6) is -0.259. The number of amides is 1. The van der Waals surface area contributed by atoms with Crippen LogP contribution in [0.2, 0.25) is 0 Å². The zero-order valence-electron chi connectivity index (χ0n) is 13.5. The highest BCUT2D eigenvalue weighted by Gasteiger charge is 2.15. The van der Waals surface area contributed by atoms with Gasteiger partial charge in [-0.3, -0.25) is 9.52 Å². The Hall–Kier alpha value is -2.43. The minimum atomic E-state index is -3.84. The molecule has 0 bridgehead atoms.